The fourth-order valence-electron chi connectivity index (χ4n) is 2.02. The van der Waals surface area contributed by atoms with Gasteiger partial charge in [0.2, 0.25) is 0 Å². The van der Waals surface area contributed by atoms with Crippen LogP contribution in [-0.4, -0.2) is 18.2 Å². The van der Waals surface area contributed by atoms with Crippen LogP contribution in [0.15, 0.2) is 12.1 Å². The highest BCUT2D eigenvalue weighted by Gasteiger charge is 2.37. The number of carboxylic acids is 1. The van der Waals surface area contributed by atoms with Gasteiger partial charge in [-0.3, -0.25) is 4.79 Å². The van der Waals surface area contributed by atoms with Crippen molar-refractivity contribution in [2.24, 2.45) is 11.1 Å². The summed E-state index contributed by atoms with van der Waals surface area (Å²) in [5, 5.41) is 9.25. The number of nitrogens with two attached hydrogens (primary N) is 1. The monoisotopic (exact) mass is 251 g/mol. The Morgan fingerprint density at radius 3 is 2.39 bits per heavy atom. The van der Waals surface area contributed by atoms with Crippen LogP contribution >= 0.6 is 0 Å². The molecule has 0 amide bonds. The topological polar surface area (TPSA) is 72.5 Å². The third kappa shape index (κ3) is 2.48. The molecular formula is C14H21NO3. The molecule has 1 aromatic rings. The minimum Gasteiger partial charge on any atom is -0.496 e. The van der Waals surface area contributed by atoms with Crippen LogP contribution in [0.2, 0.25) is 0 Å². The van der Waals surface area contributed by atoms with Crippen molar-refractivity contribution in [3.63, 3.8) is 0 Å². The number of ether oxygens (including phenoxy) is 1. The summed E-state index contributed by atoms with van der Waals surface area (Å²) in [4.78, 5) is 11.3. The number of aliphatic carboxylic acids is 1. The van der Waals surface area contributed by atoms with Crippen molar-refractivity contribution >= 4 is 5.97 Å². The van der Waals surface area contributed by atoms with Crippen molar-refractivity contribution in [3.8, 4) is 5.75 Å². The molecule has 0 aliphatic carbocycles. The lowest BCUT2D eigenvalue weighted by molar-refractivity contribution is -0.148. The molecule has 18 heavy (non-hydrogen) atoms. The first-order valence-electron chi connectivity index (χ1n) is 5.86. The first-order chi connectivity index (χ1) is 8.21. The molecule has 0 bridgehead atoms. The van der Waals surface area contributed by atoms with Crippen molar-refractivity contribution in [3.05, 3.63) is 28.8 Å². The van der Waals surface area contributed by atoms with E-state index in [-0.39, 0.29) is 0 Å². The predicted octanol–water partition coefficient (Wildman–Crippen LogP) is 2.42. The first-order valence-corrected chi connectivity index (χ1v) is 5.86. The van der Waals surface area contributed by atoms with E-state index in [9.17, 15) is 9.90 Å². The van der Waals surface area contributed by atoms with Crippen molar-refractivity contribution in [2.75, 3.05) is 7.11 Å². The van der Waals surface area contributed by atoms with Crippen molar-refractivity contribution < 1.29 is 14.6 Å². The molecular weight excluding hydrogens is 230 g/mol. The van der Waals surface area contributed by atoms with Gasteiger partial charge in [-0.1, -0.05) is 17.7 Å². The lowest BCUT2D eigenvalue weighted by atomic mass is 9.80. The zero-order valence-electron chi connectivity index (χ0n) is 11.6. The summed E-state index contributed by atoms with van der Waals surface area (Å²) in [5.74, 6) is -0.251. The number of carboxylic acid groups (broad SMARTS) is 1. The van der Waals surface area contributed by atoms with Gasteiger partial charge in [0.1, 0.15) is 5.75 Å². The maximum Gasteiger partial charge on any atom is 0.311 e. The van der Waals surface area contributed by atoms with Crippen LogP contribution in [0.25, 0.3) is 0 Å². The smallest absolute Gasteiger partial charge is 0.311 e. The molecule has 0 spiro atoms. The Hall–Kier alpha value is -1.55. The number of aryl methyl sites for hydroxylation is 2. The summed E-state index contributed by atoms with van der Waals surface area (Å²) < 4.78 is 5.35. The average Bonchev–Trinajstić information content (AvgIpc) is 2.26. The summed E-state index contributed by atoms with van der Waals surface area (Å²) in [6.45, 7) is 7.13. The highest BCUT2D eigenvalue weighted by atomic mass is 16.5. The van der Waals surface area contributed by atoms with Gasteiger partial charge in [0, 0.05) is 11.6 Å². The highest BCUT2D eigenvalue weighted by Crippen LogP contribution is 2.38. The quantitative estimate of drug-likeness (QED) is 0.862. The maximum atomic E-state index is 11.3. The molecule has 0 radical (unpaired) electrons. The van der Waals surface area contributed by atoms with Crippen LogP contribution in [0.1, 0.15) is 36.6 Å². The van der Waals surface area contributed by atoms with Crippen LogP contribution in [0.4, 0.5) is 0 Å². The molecule has 1 rings (SSSR count). The number of hydrogen-bond acceptors (Lipinski definition) is 3. The zero-order valence-corrected chi connectivity index (χ0v) is 11.6. The lowest BCUT2D eigenvalue weighted by Crippen LogP contribution is -2.36. The van der Waals surface area contributed by atoms with Crippen LogP contribution in [0.3, 0.4) is 0 Å². The van der Waals surface area contributed by atoms with Crippen LogP contribution in [0.5, 0.6) is 5.75 Å². The molecule has 0 heterocycles. The van der Waals surface area contributed by atoms with Gasteiger partial charge >= 0.3 is 5.97 Å². The second-order valence-corrected chi connectivity index (χ2v) is 5.21. The number of rotatable bonds is 4. The van der Waals surface area contributed by atoms with Crippen molar-refractivity contribution in [2.45, 2.75) is 33.7 Å². The van der Waals surface area contributed by atoms with Gasteiger partial charge in [-0.25, -0.2) is 0 Å². The Morgan fingerprint density at radius 2 is 1.94 bits per heavy atom. The summed E-state index contributed by atoms with van der Waals surface area (Å²) in [5.41, 5.74) is 7.82. The Balaban J connectivity index is 3.37. The molecule has 100 valence electrons. The number of hydrogen-bond donors (Lipinski definition) is 2. The number of benzene rings is 1. The van der Waals surface area contributed by atoms with E-state index in [0.717, 1.165) is 16.7 Å². The molecule has 0 aliphatic heterocycles. The van der Waals surface area contributed by atoms with Crippen molar-refractivity contribution in [1.82, 2.24) is 0 Å². The van der Waals surface area contributed by atoms with E-state index in [0.29, 0.717) is 5.75 Å². The van der Waals surface area contributed by atoms with E-state index in [1.165, 1.54) is 0 Å². The predicted molar refractivity (Wildman–Crippen MR) is 70.8 cm³/mol. The molecule has 1 aromatic carbocycles. The molecule has 1 atom stereocenters. The third-order valence-electron chi connectivity index (χ3n) is 3.32. The van der Waals surface area contributed by atoms with E-state index in [1.807, 2.05) is 26.0 Å². The Kier molecular flexibility index (Phi) is 4.02. The first kappa shape index (κ1) is 14.5. The fraction of sp³-hybridized carbons (Fsp3) is 0.500. The minimum atomic E-state index is -1.05. The molecule has 1 unspecified atom stereocenters. The summed E-state index contributed by atoms with van der Waals surface area (Å²) >= 11 is 0. The van der Waals surface area contributed by atoms with Crippen LogP contribution < -0.4 is 10.5 Å². The van der Waals surface area contributed by atoms with E-state index in [4.69, 9.17) is 10.5 Å². The van der Waals surface area contributed by atoms with Crippen LogP contribution in [0, 0.1) is 19.3 Å². The molecule has 0 saturated heterocycles. The standard InChI is InChI=1S/C14H21NO3/c1-8-6-9(2)11(18-5)10(7-8)12(15)14(3,4)13(16)17/h6-7,12H,15H2,1-5H3,(H,16,17). The third-order valence-corrected chi connectivity index (χ3v) is 3.32. The SMILES string of the molecule is COc1c(C)cc(C)cc1C(N)C(C)(C)C(=O)O. The second kappa shape index (κ2) is 4.98. The van der Waals surface area contributed by atoms with Gasteiger partial charge in [-0.05, 0) is 33.3 Å². The molecule has 0 saturated carbocycles. The second-order valence-electron chi connectivity index (χ2n) is 5.21. The summed E-state index contributed by atoms with van der Waals surface area (Å²) in [6, 6.07) is 3.26. The van der Waals surface area contributed by atoms with Gasteiger partial charge in [-0.2, -0.15) is 0 Å². The lowest BCUT2D eigenvalue weighted by Gasteiger charge is -2.29. The van der Waals surface area contributed by atoms with E-state index in [1.54, 1.807) is 21.0 Å². The number of carbonyl (C=O) groups is 1. The normalized spacial score (nSPS) is 13.2. The van der Waals surface area contributed by atoms with Gasteiger partial charge in [0.25, 0.3) is 0 Å². The molecule has 0 aliphatic rings. The Labute approximate surface area is 108 Å². The van der Waals surface area contributed by atoms with Crippen LogP contribution in [-0.2, 0) is 4.79 Å². The molecule has 0 fully saturated rings. The molecule has 0 aromatic heterocycles. The minimum absolute atomic E-state index is 0.622. The van der Waals surface area contributed by atoms with Crippen molar-refractivity contribution in [1.29, 1.82) is 0 Å². The number of methoxy groups -OCH3 is 1. The van der Waals surface area contributed by atoms with E-state index >= 15 is 0 Å². The Bertz CT molecular complexity index is 466. The van der Waals surface area contributed by atoms with E-state index in [2.05, 4.69) is 0 Å². The van der Waals surface area contributed by atoms with Gasteiger partial charge in [-0.15, -0.1) is 0 Å². The van der Waals surface area contributed by atoms with Gasteiger partial charge < -0.3 is 15.6 Å². The average molecular weight is 251 g/mol. The largest absolute Gasteiger partial charge is 0.496 e. The fourth-order valence-corrected chi connectivity index (χ4v) is 2.02. The van der Waals surface area contributed by atoms with Gasteiger partial charge in [0.15, 0.2) is 0 Å². The zero-order chi connectivity index (χ0) is 14.1. The molecule has 4 nitrogen and oxygen atoms in total. The maximum absolute atomic E-state index is 11.3. The summed E-state index contributed by atoms with van der Waals surface area (Å²) in [7, 11) is 1.57. The molecule has 4 heteroatoms. The highest BCUT2D eigenvalue weighted by molar-refractivity contribution is 5.75. The summed E-state index contributed by atoms with van der Waals surface area (Å²) in [6.07, 6.45) is 0. The van der Waals surface area contributed by atoms with Gasteiger partial charge in [0.05, 0.1) is 12.5 Å². The Morgan fingerprint density at radius 1 is 1.39 bits per heavy atom. The molecule has 3 N–H and O–H groups in total. The van der Waals surface area contributed by atoms with E-state index < -0.39 is 17.4 Å².